The van der Waals surface area contributed by atoms with Gasteiger partial charge in [-0.2, -0.15) is 0 Å². The Balaban J connectivity index is 0.000000861. The van der Waals surface area contributed by atoms with Crippen molar-refractivity contribution in [3.8, 4) is 0 Å². The number of imide groups is 1. The molecule has 1 aliphatic heterocycles. The van der Waals surface area contributed by atoms with Crippen molar-refractivity contribution in [2.45, 2.75) is 33.2 Å². The highest BCUT2D eigenvalue weighted by Crippen LogP contribution is 2.25. The number of carbonyl (C=O) groups is 3. The summed E-state index contributed by atoms with van der Waals surface area (Å²) in [7, 11) is 0. The lowest BCUT2D eigenvalue weighted by Crippen LogP contribution is -2.39. The van der Waals surface area contributed by atoms with E-state index in [4.69, 9.17) is 5.11 Å². The molecule has 0 fully saturated rings. The molecule has 0 saturated heterocycles. The number of carboxylic acids is 1. The number of amides is 2. The number of rotatable bonds is 3. The molecule has 1 N–H and O–H groups in total. The van der Waals surface area contributed by atoms with Crippen LogP contribution in [0.3, 0.4) is 0 Å². The smallest absolute Gasteiger partial charge is 0.305 e. The molecule has 0 spiro atoms. The SMILES string of the molecule is CC.CC(CC(=O)O)N1C(=O)c2ccccc2C1=O. The van der Waals surface area contributed by atoms with Gasteiger partial charge in [-0.25, -0.2) is 0 Å². The molecular weight excluding hydrogens is 246 g/mol. The first kappa shape index (κ1) is 14.9. The quantitative estimate of drug-likeness (QED) is 0.848. The number of hydrogen-bond acceptors (Lipinski definition) is 3. The first-order valence-electron chi connectivity index (χ1n) is 6.21. The number of aliphatic carboxylic acids is 1. The van der Waals surface area contributed by atoms with E-state index < -0.39 is 23.8 Å². The molecule has 0 bridgehead atoms. The second-order valence-electron chi connectivity index (χ2n) is 3.97. The molecule has 1 unspecified atom stereocenters. The number of hydrogen-bond donors (Lipinski definition) is 1. The molecule has 2 rings (SSSR count). The highest BCUT2D eigenvalue weighted by atomic mass is 16.4. The maximum Gasteiger partial charge on any atom is 0.305 e. The summed E-state index contributed by atoms with van der Waals surface area (Å²) in [5.74, 6) is -1.87. The molecule has 5 nitrogen and oxygen atoms in total. The van der Waals surface area contributed by atoms with E-state index in [-0.39, 0.29) is 6.42 Å². The van der Waals surface area contributed by atoms with Gasteiger partial charge in [0.1, 0.15) is 0 Å². The molecule has 1 aliphatic rings. The molecule has 1 aromatic carbocycles. The zero-order chi connectivity index (χ0) is 14.6. The van der Waals surface area contributed by atoms with Gasteiger partial charge < -0.3 is 5.11 Å². The minimum atomic E-state index is -1.03. The Labute approximate surface area is 111 Å². The Morgan fingerprint density at radius 1 is 1.16 bits per heavy atom. The molecule has 0 aromatic heterocycles. The second-order valence-corrected chi connectivity index (χ2v) is 3.97. The van der Waals surface area contributed by atoms with Gasteiger partial charge in [0.25, 0.3) is 11.8 Å². The third-order valence-corrected chi connectivity index (χ3v) is 2.74. The topological polar surface area (TPSA) is 74.7 Å². The maximum absolute atomic E-state index is 11.9. The molecule has 1 heterocycles. The van der Waals surface area contributed by atoms with Gasteiger partial charge >= 0.3 is 5.97 Å². The summed E-state index contributed by atoms with van der Waals surface area (Å²) in [6.07, 6.45) is -0.245. The van der Waals surface area contributed by atoms with Crippen molar-refractivity contribution in [3.05, 3.63) is 35.4 Å². The fourth-order valence-corrected chi connectivity index (χ4v) is 1.95. The van der Waals surface area contributed by atoms with E-state index >= 15 is 0 Å². The largest absolute Gasteiger partial charge is 0.481 e. The van der Waals surface area contributed by atoms with E-state index in [1.54, 1.807) is 31.2 Å². The molecule has 19 heavy (non-hydrogen) atoms. The lowest BCUT2D eigenvalue weighted by atomic mass is 10.1. The van der Waals surface area contributed by atoms with E-state index in [9.17, 15) is 14.4 Å². The van der Waals surface area contributed by atoms with Crippen LogP contribution in [0, 0.1) is 0 Å². The van der Waals surface area contributed by atoms with E-state index in [0.717, 1.165) is 4.90 Å². The first-order chi connectivity index (χ1) is 9.02. The Morgan fingerprint density at radius 2 is 1.58 bits per heavy atom. The van der Waals surface area contributed by atoms with Crippen molar-refractivity contribution in [2.75, 3.05) is 0 Å². The van der Waals surface area contributed by atoms with Gasteiger partial charge in [-0.15, -0.1) is 0 Å². The van der Waals surface area contributed by atoms with E-state index in [1.165, 1.54) is 0 Å². The number of benzene rings is 1. The lowest BCUT2D eigenvalue weighted by molar-refractivity contribution is -0.137. The number of carboxylic acid groups (broad SMARTS) is 1. The van der Waals surface area contributed by atoms with Crippen LogP contribution in [0.15, 0.2) is 24.3 Å². The summed E-state index contributed by atoms with van der Waals surface area (Å²) >= 11 is 0. The lowest BCUT2D eigenvalue weighted by Gasteiger charge is -2.20. The third kappa shape index (κ3) is 2.81. The molecule has 102 valence electrons. The van der Waals surface area contributed by atoms with Gasteiger partial charge in [0, 0.05) is 6.04 Å². The summed E-state index contributed by atoms with van der Waals surface area (Å²) in [6, 6.07) is 5.86. The zero-order valence-electron chi connectivity index (χ0n) is 11.2. The monoisotopic (exact) mass is 263 g/mol. The van der Waals surface area contributed by atoms with Gasteiger partial charge in [0.2, 0.25) is 0 Å². The highest BCUT2D eigenvalue weighted by molar-refractivity contribution is 6.21. The summed E-state index contributed by atoms with van der Waals surface area (Å²) in [6.45, 7) is 5.55. The van der Waals surface area contributed by atoms with Crippen molar-refractivity contribution in [1.29, 1.82) is 0 Å². The van der Waals surface area contributed by atoms with E-state index in [1.807, 2.05) is 13.8 Å². The molecule has 0 saturated carbocycles. The van der Waals surface area contributed by atoms with Crippen LogP contribution in [-0.4, -0.2) is 33.8 Å². The predicted molar refractivity (Wildman–Crippen MR) is 70.0 cm³/mol. The number of fused-ring (bicyclic) bond motifs is 1. The fraction of sp³-hybridized carbons (Fsp3) is 0.357. The maximum atomic E-state index is 11.9. The van der Waals surface area contributed by atoms with Gasteiger partial charge in [0.05, 0.1) is 17.5 Å². The van der Waals surface area contributed by atoms with Gasteiger partial charge in [-0.1, -0.05) is 26.0 Å². The summed E-state index contributed by atoms with van der Waals surface area (Å²) in [5, 5.41) is 8.68. The van der Waals surface area contributed by atoms with Crippen LogP contribution in [0.4, 0.5) is 0 Å². The summed E-state index contributed by atoms with van der Waals surface area (Å²) < 4.78 is 0. The summed E-state index contributed by atoms with van der Waals surface area (Å²) in [5.41, 5.74) is 0.685. The van der Waals surface area contributed by atoms with Crippen molar-refractivity contribution in [3.63, 3.8) is 0 Å². The van der Waals surface area contributed by atoms with Crippen molar-refractivity contribution in [2.24, 2.45) is 0 Å². The van der Waals surface area contributed by atoms with Gasteiger partial charge in [-0.3, -0.25) is 19.3 Å². The average molecular weight is 263 g/mol. The van der Waals surface area contributed by atoms with Crippen molar-refractivity contribution in [1.82, 2.24) is 4.90 Å². The third-order valence-electron chi connectivity index (χ3n) is 2.74. The molecule has 0 aliphatic carbocycles. The van der Waals surface area contributed by atoms with Crippen LogP contribution in [0.5, 0.6) is 0 Å². The molecule has 5 heteroatoms. The average Bonchev–Trinajstić information content (AvgIpc) is 2.64. The summed E-state index contributed by atoms with van der Waals surface area (Å²) in [4.78, 5) is 35.5. The van der Waals surface area contributed by atoms with Crippen LogP contribution in [-0.2, 0) is 4.79 Å². The Kier molecular flexibility index (Phi) is 4.80. The zero-order valence-corrected chi connectivity index (χ0v) is 11.2. The molecule has 1 aromatic rings. The Bertz CT molecular complexity index is 475. The second kappa shape index (κ2) is 6.13. The predicted octanol–water partition coefficient (Wildman–Crippen LogP) is 2.17. The van der Waals surface area contributed by atoms with Crippen LogP contribution >= 0.6 is 0 Å². The van der Waals surface area contributed by atoms with Crippen LogP contribution < -0.4 is 0 Å². The minimum absolute atomic E-state index is 0.245. The van der Waals surface area contributed by atoms with E-state index in [0.29, 0.717) is 11.1 Å². The Hall–Kier alpha value is -2.17. The van der Waals surface area contributed by atoms with Crippen molar-refractivity contribution >= 4 is 17.8 Å². The first-order valence-corrected chi connectivity index (χ1v) is 6.21. The fourth-order valence-electron chi connectivity index (χ4n) is 1.95. The minimum Gasteiger partial charge on any atom is -0.481 e. The van der Waals surface area contributed by atoms with Crippen LogP contribution in [0.1, 0.15) is 47.9 Å². The molecule has 1 atom stereocenters. The van der Waals surface area contributed by atoms with Crippen molar-refractivity contribution < 1.29 is 19.5 Å². The highest BCUT2D eigenvalue weighted by Gasteiger charge is 2.38. The van der Waals surface area contributed by atoms with Crippen LogP contribution in [0.25, 0.3) is 0 Å². The normalized spacial score (nSPS) is 14.6. The van der Waals surface area contributed by atoms with Gasteiger partial charge in [-0.05, 0) is 19.1 Å². The molecular formula is C14H17NO4. The molecule has 2 amide bonds. The van der Waals surface area contributed by atoms with Gasteiger partial charge in [0.15, 0.2) is 0 Å². The number of carbonyl (C=O) groups excluding carboxylic acids is 2. The molecule has 0 radical (unpaired) electrons. The number of nitrogens with zero attached hydrogens (tertiary/aromatic N) is 1. The van der Waals surface area contributed by atoms with E-state index in [2.05, 4.69) is 0 Å². The standard InChI is InChI=1S/C12H11NO4.C2H6/c1-7(6-10(14)15)13-11(16)8-4-2-3-5-9(8)12(13)17;1-2/h2-5,7H,6H2,1H3,(H,14,15);1-2H3. The van der Waals surface area contributed by atoms with Crippen LogP contribution in [0.2, 0.25) is 0 Å². The Morgan fingerprint density at radius 3 is 1.95 bits per heavy atom.